The molecule has 1 fully saturated rings. The molecule has 0 atom stereocenters. The SMILES string of the molecule is CCC.CNC1CCCC1. The molecule has 1 nitrogen and oxygen atoms in total. The first-order valence-corrected chi connectivity index (χ1v) is 4.52. The van der Waals surface area contributed by atoms with E-state index in [0.29, 0.717) is 0 Å². The minimum atomic E-state index is 0.847. The van der Waals surface area contributed by atoms with Crippen molar-refractivity contribution in [3.05, 3.63) is 0 Å². The van der Waals surface area contributed by atoms with Crippen molar-refractivity contribution in [1.29, 1.82) is 0 Å². The Bertz CT molecular complexity index is 55.7. The van der Waals surface area contributed by atoms with E-state index in [2.05, 4.69) is 26.2 Å². The summed E-state index contributed by atoms with van der Waals surface area (Å²) in [4.78, 5) is 0. The molecule has 0 spiro atoms. The van der Waals surface area contributed by atoms with Crippen LogP contribution in [-0.2, 0) is 0 Å². The molecule has 0 amide bonds. The molecule has 0 aliphatic heterocycles. The molecule has 1 heteroatoms. The van der Waals surface area contributed by atoms with Gasteiger partial charge in [0.25, 0.3) is 0 Å². The first-order chi connectivity index (χ1) is 4.85. The van der Waals surface area contributed by atoms with Crippen LogP contribution in [0.1, 0.15) is 46.0 Å². The van der Waals surface area contributed by atoms with E-state index in [0.717, 1.165) is 6.04 Å². The molecular weight excluding hydrogens is 122 g/mol. The second kappa shape index (κ2) is 7.07. The maximum absolute atomic E-state index is 3.26. The Kier molecular flexibility index (Phi) is 7.04. The molecule has 0 radical (unpaired) electrons. The number of hydrogen-bond acceptors (Lipinski definition) is 1. The third kappa shape index (κ3) is 4.80. The number of rotatable bonds is 1. The zero-order chi connectivity index (χ0) is 7.82. The molecule has 1 aliphatic rings. The van der Waals surface area contributed by atoms with Crippen molar-refractivity contribution in [3.63, 3.8) is 0 Å². The van der Waals surface area contributed by atoms with Crippen molar-refractivity contribution in [2.45, 2.75) is 52.0 Å². The molecule has 0 aromatic rings. The van der Waals surface area contributed by atoms with Crippen molar-refractivity contribution < 1.29 is 0 Å². The highest BCUT2D eigenvalue weighted by molar-refractivity contribution is 4.70. The molecule has 0 aromatic carbocycles. The fourth-order valence-corrected chi connectivity index (χ4v) is 1.21. The van der Waals surface area contributed by atoms with Crippen LogP contribution >= 0.6 is 0 Å². The molecule has 0 heterocycles. The van der Waals surface area contributed by atoms with Crippen molar-refractivity contribution >= 4 is 0 Å². The fourth-order valence-electron chi connectivity index (χ4n) is 1.21. The maximum atomic E-state index is 3.26. The molecular formula is C9H21N. The van der Waals surface area contributed by atoms with Gasteiger partial charge in [-0.15, -0.1) is 0 Å². The van der Waals surface area contributed by atoms with Crippen LogP contribution in [-0.4, -0.2) is 13.1 Å². The Balaban J connectivity index is 0.000000236. The second-order valence-electron chi connectivity index (χ2n) is 2.98. The number of nitrogens with one attached hydrogen (secondary N) is 1. The van der Waals surface area contributed by atoms with E-state index in [9.17, 15) is 0 Å². The van der Waals surface area contributed by atoms with E-state index < -0.39 is 0 Å². The summed E-state index contributed by atoms with van der Waals surface area (Å²) in [7, 11) is 2.05. The molecule has 1 saturated carbocycles. The monoisotopic (exact) mass is 143 g/mol. The van der Waals surface area contributed by atoms with Gasteiger partial charge in [-0.05, 0) is 19.9 Å². The second-order valence-corrected chi connectivity index (χ2v) is 2.98. The molecule has 1 N–H and O–H groups in total. The van der Waals surface area contributed by atoms with Crippen LogP contribution in [0.4, 0.5) is 0 Å². The van der Waals surface area contributed by atoms with Gasteiger partial charge in [0.15, 0.2) is 0 Å². The van der Waals surface area contributed by atoms with E-state index >= 15 is 0 Å². The average Bonchev–Trinajstić information content (AvgIpc) is 2.39. The lowest BCUT2D eigenvalue weighted by molar-refractivity contribution is 0.582. The van der Waals surface area contributed by atoms with Crippen molar-refractivity contribution in [1.82, 2.24) is 5.32 Å². The van der Waals surface area contributed by atoms with E-state index in [4.69, 9.17) is 0 Å². The predicted octanol–water partition coefficient (Wildman–Crippen LogP) is 2.56. The van der Waals surface area contributed by atoms with Gasteiger partial charge in [0, 0.05) is 6.04 Å². The Morgan fingerprint density at radius 1 is 1.20 bits per heavy atom. The Morgan fingerprint density at radius 3 is 1.80 bits per heavy atom. The topological polar surface area (TPSA) is 12.0 Å². The van der Waals surface area contributed by atoms with Gasteiger partial charge in [0.1, 0.15) is 0 Å². The standard InChI is InChI=1S/C6H13N.C3H8/c1-7-6-4-2-3-5-6;1-3-2/h6-7H,2-5H2,1H3;3H2,1-2H3. The Morgan fingerprint density at radius 2 is 1.60 bits per heavy atom. The van der Waals surface area contributed by atoms with Crippen LogP contribution in [0.5, 0.6) is 0 Å². The van der Waals surface area contributed by atoms with E-state index in [1.807, 2.05) is 0 Å². The first kappa shape index (κ1) is 9.96. The molecule has 1 aliphatic carbocycles. The quantitative estimate of drug-likeness (QED) is 0.595. The van der Waals surface area contributed by atoms with Gasteiger partial charge in [-0.2, -0.15) is 0 Å². The molecule has 0 bridgehead atoms. The van der Waals surface area contributed by atoms with Crippen LogP contribution in [0.15, 0.2) is 0 Å². The normalized spacial score (nSPS) is 18.3. The third-order valence-corrected chi connectivity index (χ3v) is 1.76. The molecule has 62 valence electrons. The summed E-state index contributed by atoms with van der Waals surface area (Å²) in [5.74, 6) is 0. The minimum absolute atomic E-state index is 0.847. The van der Waals surface area contributed by atoms with E-state index in [1.54, 1.807) is 0 Å². The van der Waals surface area contributed by atoms with Gasteiger partial charge < -0.3 is 5.32 Å². The summed E-state index contributed by atoms with van der Waals surface area (Å²) in [6.45, 7) is 4.25. The zero-order valence-corrected chi connectivity index (χ0v) is 7.61. The van der Waals surface area contributed by atoms with Crippen molar-refractivity contribution in [2.24, 2.45) is 0 Å². The number of hydrogen-bond donors (Lipinski definition) is 1. The van der Waals surface area contributed by atoms with Gasteiger partial charge in [-0.1, -0.05) is 33.1 Å². The van der Waals surface area contributed by atoms with E-state index in [-0.39, 0.29) is 0 Å². The largest absolute Gasteiger partial charge is 0.317 e. The van der Waals surface area contributed by atoms with Crippen molar-refractivity contribution in [3.8, 4) is 0 Å². The highest BCUT2D eigenvalue weighted by Crippen LogP contribution is 2.16. The molecule has 0 saturated heterocycles. The Labute approximate surface area is 65.2 Å². The first-order valence-electron chi connectivity index (χ1n) is 4.52. The lowest BCUT2D eigenvalue weighted by Gasteiger charge is -2.03. The summed E-state index contributed by atoms with van der Waals surface area (Å²) in [5, 5.41) is 3.26. The summed E-state index contributed by atoms with van der Waals surface area (Å²) in [6, 6.07) is 0.847. The van der Waals surface area contributed by atoms with Crippen LogP contribution in [0.2, 0.25) is 0 Å². The molecule has 0 unspecified atom stereocenters. The highest BCUT2D eigenvalue weighted by atomic mass is 14.9. The van der Waals surface area contributed by atoms with Crippen LogP contribution in [0, 0.1) is 0 Å². The highest BCUT2D eigenvalue weighted by Gasteiger charge is 2.10. The van der Waals surface area contributed by atoms with Gasteiger partial charge in [-0.25, -0.2) is 0 Å². The van der Waals surface area contributed by atoms with Gasteiger partial charge >= 0.3 is 0 Å². The minimum Gasteiger partial charge on any atom is -0.317 e. The molecule has 0 aromatic heterocycles. The van der Waals surface area contributed by atoms with E-state index in [1.165, 1.54) is 32.1 Å². The summed E-state index contributed by atoms with van der Waals surface area (Å²) in [6.07, 6.45) is 6.92. The molecule has 1 rings (SSSR count). The lowest BCUT2D eigenvalue weighted by atomic mass is 10.3. The predicted molar refractivity (Wildman–Crippen MR) is 47.3 cm³/mol. The summed E-state index contributed by atoms with van der Waals surface area (Å²) in [5.41, 5.74) is 0. The maximum Gasteiger partial charge on any atom is 0.00640 e. The van der Waals surface area contributed by atoms with Gasteiger partial charge in [-0.3, -0.25) is 0 Å². The van der Waals surface area contributed by atoms with Crippen molar-refractivity contribution in [2.75, 3.05) is 7.05 Å². The smallest absolute Gasteiger partial charge is 0.00640 e. The van der Waals surface area contributed by atoms with Crippen LogP contribution in [0.25, 0.3) is 0 Å². The summed E-state index contributed by atoms with van der Waals surface area (Å²) < 4.78 is 0. The Hall–Kier alpha value is -0.0400. The van der Waals surface area contributed by atoms with Gasteiger partial charge in [0.2, 0.25) is 0 Å². The lowest BCUT2D eigenvalue weighted by Crippen LogP contribution is -2.20. The fraction of sp³-hybridized carbons (Fsp3) is 1.00. The van der Waals surface area contributed by atoms with Crippen LogP contribution < -0.4 is 5.32 Å². The van der Waals surface area contributed by atoms with Gasteiger partial charge in [0.05, 0.1) is 0 Å². The summed E-state index contributed by atoms with van der Waals surface area (Å²) >= 11 is 0. The third-order valence-electron chi connectivity index (χ3n) is 1.76. The average molecular weight is 143 g/mol. The van der Waals surface area contributed by atoms with Crippen LogP contribution in [0.3, 0.4) is 0 Å². The zero-order valence-electron chi connectivity index (χ0n) is 7.61. The molecule has 10 heavy (non-hydrogen) atoms.